The Morgan fingerprint density at radius 2 is 2.16 bits per heavy atom. The molecule has 1 fully saturated rings. The summed E-state index contributed by atoms with van der Waals surface area (Å²) in [6.45, 7) is 4.00. The largest absolute Gasteiger partial charge is 0.506 e. The number of rotatable bonds is 2. The number of amides is 1. The smallest absolute Gasteiger partial charge is 0.239 e. The number of furan rings is 1. The van der Waals surface area contributed by atoms with E-state index in [1.807, 2.05) is 6.92 Å². The van der Waals surface area contributed by atoms with E-state index in [2.05, 4.69) is 4.99 Å². The van der Waals surface area contributed by atoms with E-state index in [1.54, 1.807) is 17.9 Å². The number of aryl methyl sites for hydroxylation is 1. The van der Waals surface area contributed by atoms with E-state index in [0.29, 0.717) is 39.9 Å². The molecule has 0 unspecified atom stereocenters. The first-order valence-corrected chi connectivity index (χ1v) is 8.68. The fourth-order valence-electron chi connectivity index (χ4n) is 2.91. The predicted octanol–water partition coefficient (Wildman–Crippen LogP) is 3.14. The molecule has 3 heterocycles. The van der Waals surface area contributed by atoms with Crippen LogP contribution in [-0.2, 0) is 4.79 Å². The molecule has 2 aromatic heterocycles. The molecular formula is C17H14N2O5S. The maximum absolute atomic E-state index is 12.4. The van der Waals surface area contributed by atoms with Crippen molar-refractivity contribution in [1.82, 2.24) is 4.90 Å². The minimum absolute atomic E-state index is 0.0253. The number of aromatic hydroxyl groups is 1. The van der Waals surface area contributed by atoms with E-state index in [9.17, 15) is 14.7 Å². The summed E-state index contributed by atoms with van der Waals surface area (Å²) < 4.78 is 11.2. The number of hydrogen-bond acceptors (Lipinski definition) is 7. The van der Waals surface area contributed by atoms with E-state index in [-0.39, 0.29) is 28.1 Å². The number of benzene rings is 1. The molecule has 1 N–H and O–H groups in total. The van der Waals surface area contributed by atoms with Gasteiger partial charge in [-0.1, -0.05) is 11.8 Å². The number of hydrogen-bond donors (Lipinski definition) is 1. The molecule has 0 spiro atoms. The zero-order valence-corrected chi connectivity index (χ0v) is 14.3. The molecule has 1 saturated heterocycles. The van der Waals surface area contributed by atoms with Crippen LogP contribution in [-0.4, -0.2) is 33.4 Å². The van der Waals surface area contributed by atoms with Gasteiger partial charge in [-0.05, 0) is 19.9 Å². The highest BCUT2D eigenvalue weighted by atomic mass is 32.2. The third-order valence-corrected chi connectivity index (χ3v) is 5.00. The quantitative estimate of drug-likeness (QED) is 0.756. The highest BCUT2D eigenvalue weighted by Gasteiger charge is 2.28. The highest BCUT2D eigenvalue weighted by Crippen LogP contribution is 2.42. The van der Waals surface area contributed by atoms with Gasteiger partial charge in [0, 0.05) is 12.6 Å². The maximum atomic E-state index is 12.4. The third kappa shape index (κ3) is 2.32. The van der Waals surface area contributed by atoms with Crippen LogP contribution in [0.5, 0.6) is 5.75 Å². The molecule has 0 bridgehead atoms. The average Bonchev–Trinajstić information content (AvgIpc) is 3.17. The first kappa shape index (κ1) is 15.8. The van der Waals surface area contributed by atoms with Crippen molar-refractivity contribution in [3.8, 4) is 5.75 Å². The Hall–Kier alpha value is -2.74. The molecule has 3 aromatic rings. The standard InChI is InChI=1S/C17H14N2O5S/c1-3-19-11(21)7-25-17(19)18-13-15-9(4-5-23-15)14(22)12-10(20)6-8(2)24-16(12)13/h4-6,22H,3,7H2,1-2H3. The van der Waals surface area contributed by atoms with Crippen molar-refractivity contribution in [3.63, 3.8) is 0 Å². The Bertz CT molecular complexity index is 1110. The number of carbonyl (C=O) groups is 1. The second-order valence-corrected chi connectivity index (χ2v) is 6.55. The summed E-state index contributed by atoms with van der Waals surface area (Å²) in [5, 5.41) is 11.4. The summed E-state index contributed by atoms with van der Waals surface area (Å²) in [4.78, 5) is 30.4. The molecule has 8 heteroatoms. The fraction of sp³-hybridized carbons (Fsp3) is 0.235. The van der Waals surface area contributed by atoms with Crippen LogP contribution in [0.4, 0.5) is 5.69 Å². The van der Waals surface area contributed by atoms with Gasteiger partial charge in [-0.2, -0.15) is 0 Å². The molecule has 0 aliphatic carbocycles. The first-order valence-electron chi connectivity index (χ1n) is 7.69. The van der Waals surface area contributed by atoms with Crippen LogP contribution in [0.25, 0.3) is 21.9 Å². The summed E-state index contributed by atoms with van der Waals surface area (Å²) in [6.07, 6.45) is 1.41. The Labute approximate surface area is 145 Å². The SMILES string of the molecule is CCN1C(=O)CSC1=Nc1c2occc2c(O)c2c(=O)cc(C)oc12. The van der Waals surface area contributed by atoms with Crippen molar-refractivity contribution in [2.24, 2.45) is 4.99 Å². The molecule has 0 saturated carbocycles. The number of thioether (sulfide) groups is 1. The summed E-state index contributed by atoms with van der Waals surface area (Å²) in [7, 11) is 0. The van der Waals surface area contributed by atoms with E-state index in [1.165, 1.54) is 24.1 Å². The van der Waals surface area contributed by atoms with Gasteiger partial charge in [-0.25, -0.2) is 4.99 Å². The molecule has 1 aliphatic rings. The van der Waals surface area contributed by atoms with Gasteiger partial charge in [0.05, 0.1) is 17.4 Å². The van der Waals surface area contributed by atoms with E-state index in [0.717, 1.165) is 0 Å². The zero-order chi connectivity index (χ0) is 17.7. The molecule has 0 atom stereocenters. The molecule has 4 rings (SSSR count). The average molecular weight is 358 g/mol. The first-order chi connectivity index (χ1) is 12.0. The zero-order valence-electron chi connectivity index (χ0n) is 13.5. The lowest BCUT2D eigenvalue weighted by atomic mass is 10.1. The van der Waals surface area contributed by atoms with Crippen molar-refractivity contribution in [3.05, 3.63) is 34.4 Å². The molecule has 0 radical (unpaired) electrons. The molecule has 7 nitrogen and oxygen atoms in total. The lowest BCUT2D eigenvalue weighted by molar-refractivity contribution is -0.123. The normalized spacial score (nSPS) is 16.6. The number of phenolic OH excluding ortho intramolecular Hbond substituents is 1. The second-order valence-electron chi connectivity index (χ2n) is 5.61. The molecule has 25 heavy (non-hydrogen) atoms. The summed E-state index contributed by atoms with van der Waals surface area (Å²) >= 11 is 1.31. The van der Waals surface area contributed by atoms with E-state index < -0.39 is 0 Å². The minimum atomic E-state index is -0.358. The Morgan fingerprint density at radius 1 is 1.36 bits per heavy atom. The van der Waals surface area contributed by atoms with Gasteiger partial charge in [-0.3, -0.25) is 14.5 Å². The Kier molecular flexibility index (Phi) is 3.57. The molecule has 128 valence electrons. The lowest BCUT2D eigenvalue weighted by Gasteiger charge is -2.13. The minimum Gasteiger partial charge on any atom is -0.506 e. The molecule has 1 aromatic carbocycles. The van der Waals surface area contributed by atoms with Gasteiger partial charge in [0.1, 0.15) is 16.9 Å². The fourth-order valence-corrected chi connectivity index (χ4v) is 3.86. The van der Waals surface area contributed by atoms with Crippen LogP contribution in [0.1, 0.15) is 12.7 Å². The third-order valence-electron chi connectivity index (χ3n) is 4.04. The second kappa shape index (κ2) is 5.66. The summed E-state index contributed by atoms with van der Waals surface area (Å²) in [6, 6.07) is 2.88. The van der Waals surface area contributed by atoms with Crippen LogP contribution < -0.4 is 5.43 Å². The van der Waals surface area contributed by atoms with Crippen LogP contribution in [0.15, 0.2) is 37.0 Å². The molecule has 1 aliphatic heterocycles. The van der Waals surface area contributed by atoms with Crippen molar-refractivity contribution in [2.75, 3.05) is 12.3 Å². The lowest BCUT2D eigenvalue weighted by Crippen LogP contribution is -2.28. The van der Waals surface area contributed by atoms with Crippen LogP contribution in [0, 0.1) is 6.92 Å². The monoisotopic (exact) mass is 358 g/mol. The number of carbonyl (C=O) groups excluding carboxylic acids is 1. The topological polar surface area (TPSA) is 96.3 Å². The van der Waals surface area contributed by atoms with Gasteiger partial charge < -0.3 is 13.9 Å². The number of phenols is 1. The number of nitrogens with zero attached hydrogens (tertiary/aromatic N) is 2. The van der Waals surface area contributed by atoms with Gasteiger partial charge in [0.25, 0.3) is 0 Å². The van der Waals surface area contributed by atoms with Gasteiger partial charge in [-0.15, -0.1) is 0 Å². The maximum Gasteiger partial charge on any atom is 0.239 e. The van der Waals surface area contributed by atoms with Gasteiger partial charge in [0.2, 0.25) is 5.91 Å². The summed E-state index contributed by atoms with van der Waals surface area (Å²) in [5.74, 6) is 0.487. The van der Waals surface area contributed by atoms with Crippen molar-refractivity contribution in [1.29, 1.82) is 0 Å². The van der Waals surface area contributed by atoms with Crippen molar-refractivity contribution in [2.45, 2.75) is 13.8 Å². The molecule has 1 amide bonds. The molecular weight excluding hydrogens is 344 g/mol. The summed E-state index contributed by atoms with van der Waals surface area (Å²) in [5.41, 5.74) is 0.392. The van der Waals surface area contributed by atoms with E-state index in [4.69, 9.17) is 8.83 Å². The Balaban J connectivity index is 2.11. The van der Waals surface area contributed by atoms with Gasteiger partial charge in [0.15, 0.2) is 27.4 Å². The van der Waals surface area contributed by atoms with Gasteiger partial charge >= 0.3 is 0 Å². The van der Waals surface area contributed by atoms with Crippen LogP contribution >= 0.6 is 11.8 Å². The predicted molar refractivity (Wildman–Crippen MR) is 95.6 cm³/mol. The number of aliphatic imine (C=N–C) groups is 1. The van der Waals surface area contributed by atoms with Crippen molar-refractivity contribution < 1.29 is 18.7 Å². The highest BCUT2D eigenvalue weighted by molar-refractivity contribution is 8.15. The Morgan fingerprint density at radius 3 is 2.92 bits per heavy atom. The van der Waals surface area contributed by atoms with Crippen LogP contribution in [0.2, 0.25) is 0 Å². The van der Waals surface area contributed by atoms with E-state index >= 15 is 0 Å². The number of amidine groups is 1. The van der Waals surface area contributed by atoms with Crippen molar-refractivity contribution >= 4 is 50.5 Å². The number of fused-ring (bicyclic) bond motifs is 2. The van der Waals surface area contributed by atoms with Crippen LogP contribution in [0.3, 0.4) is 0 Å².